The van der Waals surface area contributed by atoms with Gasteiger partial charge < -0.3 is 9.15 Å². The van der Waals surface area contributed by atoms with E-state index in [9.17, 15) is 4.39 Å². The second-order valence-electron chi connectivity index (χ2n) is 3.63. The summed E-state index contributed by atoms with van der Waals surface area (Å²) in [6, 6.07) is 5.94. The summed E-state index contributed by atoms with van der Waals surface area (Å²) >= 11 is 3.34. The summed E-state index contributed by atoms with van der Waals surface area (Å²) in [7, 11) is 1.42. The van der Waals surface area contributed by atoms with E-state index in [4.69, 9.17) is 15.0 Å². The lowest BCUT2D eigenvalue weighted by atomic mass is 10.0. The monoisotopic (exact) mass is 314 g/mol. The molecule has 0 aliphatic rings. The fourth-order valence-electron chi connectivity index (χ4n) is 1.70. The number of rotatable bonds is 4. The number of benzene rings is 1. The summed E-state index contributed by atoms with van der Waals surface area (Å²) in [6.45, 7) is 0. The Morgan fingerprint density at radius 3 is 2.72 bits per heavy atom. The Labute approximate surface area is 112 Å². The average molecular weight is 315 g/mol. The average Bonchev–Trinajstić information content (AvgIpc) is 2.77. The number of methoxy groups -OCH3 is 1. The van der Waals surface area contributed by atoms with Gasteiger partial charge in [0, 0.05) is 0 Å². The molecule has 2 rings (SSSR count). The van der Waals surface area contributed by atoms with Gasteiger partial charge in [-0.25, -0.2) is 9.82 Å². The molecule has 18 heavy (non-hydrogen) atoms. The fraction of sp³-hybridized carbons (Fsp3) is 0.167. The molecule has 96 valence electrons. The lowest BCUT2D eigenvalue weighted by molar-refractivity contribution is 0.385. The molecule has 1 unspecified atom stereocenters. The van der Waals surface area contributed by atoms with Crippen molar-refractivity contribution >= 4 is 15.9 Å². The Morgan fingerprint density at radius 2 is 2.22 bits per heavy atom. The molecular weight excluding hydrogens is 303 g/mol. The third-order valence-corrected chi connectivity index (χ3v) is 3.24. The smallest absolute Gasteiger partial charge is 0.165 e. The number of furan rings is 1. The van der Waals surface area contributed by atoms with Crippen LogP contribution in [-0.4, -0.2) is 7.11 Å². The molecule has 0 fully saturated rings. The van der Waals surface area contributed by atoms with E-state index in [-0.39, 0.29) is 5.75 Å². The second-order valence-corrected chi connectivity index (χ2v) is 4.48. The highest BCUT2D eigenvalue weighted by Gasteiger charge is 2.20. The van der Waals surface area contributed by atoms with Gasteiger partial charge in [0.05, 0.1) is 17.8 Å². The summed E-state index contributed by atoms with van der Waals surface area (Å²) in [5.41, 5.74) is 3.24. The Morgan fingerprint density at radius 1 is 1.44 bits per heavy atom. The van der Waals surface area contributed by atoms with Gasteiger partial charge in [-0.15, -0.1) is 0 Å². The van der Waals surface area contributed by atoms with E-state index in [1.807, 2.05) is 0 Å². The van der Waals surface area contributed by atoms with Crippen LogP contribution in [0.5, 0.6) is 5.75 Å². The van der Waals surface area contributed by atoms with Crippen molar-refractivity contribution in [2.75, 3.05) is 7.11 Å². The molecular formula is C12H12BrFN2O2. The maximum atomic E-state index is 13.7. The zero-order valence-corrected chi connectivity index (χ0v) is 11.2. The largest absolute Gasteiger partial charge is 0.494 e. The van der Waals surface area contributed by atoms with Crippen LogP contribution in [-0.2, 0) is 0 Å². The summed E-state index contributed by atoms with van der Waals surface area (Å²) in [4.78, 5) is 0. The molecule has 4 nitrogen and oxygen atoms in total. The van der Waals surface area contributed by atoms with Crippen LogP contribution in [0, 0.1) is 5.82 Å². The molecule has 1 atom stereocenters. The van der Waals surface area contributed by atoms with Gasteiger partial charge >= 0.3 is 0 Å². The summed E-state index contributed by atoms with van der Waals surface area (Å²) in [5, 5.41) is 0. The quantitative estimate of drug-likeness (QED) is 0.673. The number of hydrogen-bond donors (Lipinski definition) is 2. The van der Waals surface area contributed by atoms with Gasteiger partial charge in [-0.05, 0) is 39.7 Å². The van der Waals surface area contributed by atoms with Crippen molar-refractivity contribution in [2.45, 2.75) is 6.04 Å². The van der Waals surface area contributed by atoms with E-state index in [1.54, 1.807) is 18.2 Å². The maximum Gasteiger partial charge on any atom is 0.165 e. The molecule has 0 bridgehead atoms. The first-order valence-electron chi connectivity index (χ1n) is 5.19. The molecule has 0 aliphatic heterocycles. The Kier molecular flexibility index (Phi) is 4.00. The molecule has 2 aromatic rings. The number of ether oxygens (including phenoxy) is 1. The van der Waals surface area contributed by atoms with Crippen molar-refractivity contribution in [1.82, 2.24) is 5.43 Å². The molecule has 1 aromatic heterocycles. The minimum absolute atomic E-state index is 0.188. The standard InChI is InChI=1S/C12H12BrFN2O2/c1-17-10-3-2-7(6-9(10)14)11(16-15)12-8(13)4-5-18-12/h2-6,11,16H,15H2,1H3. The molecule has 6 heteroatoms. The maximum absolute atomic E-state index is 13.7. The van der Waals surface area contributed by atoms with Crippen molar-refractivity contribution in [3.05, 3.63) is 52.1 Å². The number of nitrogens with one attached hydrogen (secondary N) is 1. The molecule has 1 aromatic carbocycles. The van der Waals surface area contributed by atoms with E-state index in [0.29, 0.717) is 11.3 Å². The second kappa shape index (κ2) is 5.51. The first-order chi connectivity index (χ1) is 8.67. The molecule has 0 saturated carbocycles. The van der Waals surface area contributed by atoms with Crippen LogP contribution in [0.15, 0.2) is 39.4 Å². The summed E-state index contributed by atoms with van der Waals surface area (Å²) in [6.07, 6.45) is 1.53. The van der Waals surface area contributed by atoms with Crippen molar-refractivity contribution in [2.24, 2.45) is 5.84 Å². The van der Waals surface area contributed by atoms with Gasteiger partial charge in [0.15, 0.2) is 11.6 Å². The third kappa shape index (κ3) is 2.40. The molecule has 0 radical (unpaired) electrons. The lowest BCUT2D eigenvalue weighted by Gasteiger charge is -2.15. The topological polar surface area (TPSA) is 60.4 Å². The highest BCUT2D eigenvalue weighted by Crippen LogP contribution is 2.30. The van der Waals surface area contributed by atoms with Gasteiger partial charge in [-0.3, -0.25) is 5.84 Å². The van der Waals surface area contributed by atoms with Crippen LogP contribution in [0.1, 0.15) is 17.4 Å². The number of hydrogen-bond acceptors (Lipinski definition) is 4. The highest BCUT2D eigenvalue weighted by molar-refractivity contribution is 9.10. The first-order valence-corrected chi connectivity index (χ1v) is 5.99. The lowest BCUT2D eigenvalue weighted by Crippen LogP contribution is -2.28. The Hall–Kier alpha value is -1.37. The zero-order chi connectivity index (χ0) is 13.1. The normalized spacial score (nSPS) is 12.4. The van der Waals surface area contributed by atoms with Gasteiger partial charge in [0.2, 0.25) is 0 Å². The van der Waals surface area contributed by atoms with Crippen LogP contribution >= 0.6 is 15.9 Å². The Balaban J connectivity index is 2.40. The van der Waals surface area contributed by atoms with E-state index in [2.05, 4.69) is 21.4 Å². The predicted octanol–water partition coefficient (Wildman–Crippen LogP) is 2.74. The summed E-state index contributed by atoms with van der Waals surface area (Å²) < 4.78 is 24.6. The number of hydrazine groups is 1. The van der Waals surface area contributed by atoms with Crippen molar-refractivity contribution in [3.8, 4) is 5.75 Å². The van der Waals surface area contributed by atoms with Gasteiger partial charge in [0.1, 0.15) is 11.8 Å². The van der Waals surface area contributed by atoms with E-state index in [0.717, 1.165) is 4.47 Å². The van der Waals surface area contributed by atoms with Crippen LogP contribution in [0.25, 0.3) is 0 Å². The molecule has 0 amide bonds. The number of halogens is 2. The SMILES string of the molecule is COc1ccc(C(NN)c2occc2Br)cc1F. The van der Waals surface area contributed by atoms with Crippen LogP contribution in [0.2, 0.25) is 0 Å². The van der Waals surface area contributed by atoms with Gasteiger partial charge in [-0.1, -0.05) is 6.07 Å². The van der Waals surface area contributed by atoms with Gasteiger partial charge in [0.25, 0.3) is 0 Å². The number of nitrogens with two attached hydrogens (primary N) is 1. The Bertz CT molecular complexity index is 545. The van der Waals surface area contributed by atoms with Gasteiger partial charge in [-0.2, -0.15) is 0 Å². The first kappa shape index (κ1) is 13.1. The fourth-order valence-corrected chi connectivity index (χ4v) is 2.13. The summed E-state index contributed by atoms with van der Waals surface area (Å²) in [5.74, 6) is 5.83. The highest BCUT2D eigenvalue weighted by atomic mass is 79.9. The minimum atomic E-state index is -0.446. The predicted molar refractivity (Wildman–Crippen MR) is 68.5 cm³/mol. The van der Waals surface area contributed by atoms with Crippen LogP contribution < -0.4 is 16.0 Å². The molecule has 0 saturated heterocycles. The molecule has 1 heterocycles. The van der Waals surface area contributed by atoms with Crippen molar-refractivity contribution < 1.29 is 13.5 Å². The minimum Gasteiger partial charge on any atom is -0.494 e. The molecule has 0 spiro atoms. The van der Waals surface area contributed by atoms with Crippen LogP contribution in [0.3, 0.4) is 0 Å². The van der Waals surface area contributed by atoms with E-state index in [1.165, 1.54) is 19.4 Å². The zero-order valence-electron chi connectivity index (χ0n) is 9.61. The van der Waals surface area contributed by atoms with E-state index < -0.39 is 11.9 Å². The van der Waals surface area contributed by atoms with Crippen molar-refractivity contribution in [3.63, 3.8) is 0 Å². The molecule has 3 N–H and O–H groups in total. The van der Waals surface area contributed by atoms with Crippen LogP contribution in [0.4, 0.5) is 4.39 Å². The van der Waals surface area contributed by atoms with Crippen molar-refractivity contribution in [1.29, 1.82) is 0 Å². The van der Waals surface area contributed by atoms with E-state index >= 15 is 0 Å². The third-order valence-electron chi connectivity index (χ3n) is 2.58. The molecule has 0 aliphatic carbocycles.